The lowest BCUT2D eigenvalue weighted by molar-refractivity contribution is -0.132. The number of benzene rings is 1. The molecule has 0 saturated heterocycles. The van der Waals surface area contributed by atoms with Crippen LogP contribution in [-0.4, -0.2) is 34.5 Å². The van der Waals surface area contributed by atoms with Crippen LogP contribution < -0.4 is 5.73 Å². The normalized spacial score (nSPS) is 15.8. The van der Waals surface area contributed by atoms with Crippen molar-refractivity contribution in [3.8, 4) is 5.75 Å². The molecule has 102 valence electrons. The third-order valence-corrected chi connectivity index (χ3v) is 3.31. The Morgan fingerprint density at radius 3 is 2.63 bits per heavy atom. The van der Waals surface area contributed by atoms with E-state index in [1.807, 2.05) is 4.90 Å². The molecule has 1 aliphatic carbocycles. The maximum atomic E-state index is 12.3. The van der Waals surface area contributed by atoms with Crippen molar-refractivity contribution in [2.75, 3.05) is 6.54 Å². The van der Waals surface area contributed by atoms with E-state index in [9.17, 15) is 9.90 Å². The predicted octanol–water partition coefficient (Wildman–Crippen LogP) is 1.44. The summed E-state index contributed by atoms with van der Waals surface area (Å²) in [5.74, 6) is 0.199. The van der Waals surface area contributed by atoms with E-state index in [0.717, 1.165) is 18.4 Å². The summed E-state index contributed by atoms with van der Waals surface area (Å²) < 4.78 is 0. The van der Waals surface area contributed by atoms with Gasteiger partial charge in [0, 0.05) is 12.6 Å². The summed E-state index contributed by atoms with van der Waals surface area (Å²) in [4.78, 5) is 14.1. The van der Waals surface area contributed by atoms with Crippen molar-refractivity contribution in [1.29, 1.82) is 0 Å². The Morgan fingerprint density at radius 2 is 2.11 bits per heavy atom. The summed E-state index contributed by atoms with van der Waals surface area (Å²) in [6.07, 6.45) is 4.35. The van der Waals surface area contributed by atoms with Gasteiger partial charge >= 0.3 is 0 Å². The van der Waals surface area contributed by atoms with Gasteiger partial charge in [0.05, 0.1) is 6.04 Å². The van der Waals surface area contributed by atoms with E-state index >= 15 is 0 Å². The van der Waals surface area contributed by atoms with Crippen LogP contribution in [0.3, 0.4) is 0 Å². The van der Waals surface area contributed by atoms with Gasteiger partial charge in [0.25, 0.3) is 0 Å². The maximum absolute atomic E-state index is 12.3. The first kappa shape index (κ1) is 13.6. The molecule has 0 aromatic heterocycles. The summed E-state index contributed by atoms with van der Waals surface area (Å²) in [5, 5.41) is 9.22. The molecule has 1 fully saturated rings. The molecule has 1 amide bonds. The van der Waals surface area contributed by atoms with Gasteiger partial charge in [-0.3, -0.25) is 4.79 Å². The fraction of sp³-hybridized carbons (Fsp3) is 0.400. The Morgan fingerprint density at radius 1 is 1.47 bits per heavy atom. The van der Waals surface area contributed by atoms with Crippen LogP contribution in [0.4, 0.5) is 0 Å². The Bertz CT molecular complexity index is 452. The number of amides is 1. The quantitative estimate of drug-likeness (QED) is 0.761. The van der Waals surface area contributed by atoms with Crippen LogP contribution in [0.15, 0.2) is 36.9 Å². The average Bonchev–Trinajstić information content (AvgIpc) is 3.22. The van der Waals surface area contributed by atoms with Crippen LogP contribution >= 0.6 is 0 Å². The standard InChI is InChI=1S/C15H20N2O2/c1-2-9-17(12-5-6-12)15(19)14(16)10-11-3-7-13(18)8-4-11/h2-4,7-8,12,14,18H,1,5-6,9-10,16H2. The molecule has 1 unspecified atom stereocenters. The Kier molecular flexibility index (Phi) is 4.22. The zero-order valence-corrected chi connectivity index (χ0v) is 11.0. The molecule has 0 radical (unpaired) electrons. The van der Waals surface area contributed by atoms with Crippen LogP contribution in [-0.2, 0) is 11.2 Å². The van der Waals surface area contributed by atoms with E-state index in [2.05, 4.69) is 6.58 Å². The van der Waals surface area contributed by atoms with Crippen LogP contribution in [0.1, 0.15) is 18.4 Å². The van der Waals surface area contributed by atoms with Crippen molar-refractivity contribution in [3.63, 3.8) is 0 Å². The number of hydrogen-bond donors (Lipinski definition) is 2. The topological polar surface area (TPSA) is 66.6 Å². The molecule has 0 spiro atoms. The second-order valence-corrected chi connectivity index (χ2v) is 4.99. The van der Waals surface area contributed by atoms with Crippen molar-refractivity contribution >= 4 is 5.91 Å². The molecule has 1 aromatic rings. The monoisotopic (exact) mass is 260 g/mol. The number of rotatable bonds is 6. The zero-order valence-electron chi connectivity index (χ0n) is 11.0. The van der Waals surface area contributed by atoms with Gasteiger partial charge in [0.1, 0.15) is 5.75 Å². The molecule has 1 saturated carbocycles. The van der Waals surface area contributed by atoms with Crippen molar-refractivity contribution in [2.45, 2.75) is 31.3 Å². The molecule has 0 heterocycles. The van der Waals surface area contributed by atoms with Crippen LogP contribution in [0, 0.1) is 0 Å². The van der Waals surface area contributed by atoms with Gasteiger partial charge in [0.2, 0.25) is 5.91 Å². The fourth-order valence-corrected chi connectivity index (χ4v) is 2.13. The number of aromatic hydroxyl groups is 1. The maximum Gasteiger partial charge on any atom is 0.240 e. The van der Waals surface area contributed by atoms with Crippen molar-refractivity contribution in [1.82, 2.24) is 4.90 Å². The lowest BCUT2D eigenvalue weighted by Gasteiger charge is -2.24. The fourth-order valence-electron chi connectivity index (χ4n) is 2.13. The Balaban J connectivity index is 1.97. The SMILES string of the molecule is C=CCN(C(=O)C(N)Cc1ccc(O)cc1)C1CC1. The summed E-state index contributed by atoms with van der Waals surface area (Å²) in [6.45, 7) is 4.25. The van der Waals surface area contributed by atoms with Gasteiger partial charge in [-0.15, -0.1) is 6.58 Å². The zero-order chi connectivity index (χ0) is 13.8. The first-order valence-corrected chi connectivity index (χ1v) is 6.56. The van der Waals surface area contributed by atoms with Crippen LogP contribution in [0.5, 0.6) is 5.75 Å². The molecular weight excluding hydrogens is 240 g/mol. The van der Waals surface area contributed by atoms with E-state index in [0.29, 0.717) is 19.0 Å². The molecule has 1 aliphatic rings. The molecule has 0 bridgehead atoms. The molecule has 0 aliphatic heterocycles. The lowest BCUT2D eigenvalue weighted by Crippen LogP contribution is -2.46. The molecule has 4 nitrogen and oxygen atoms in total. The van der Waals surface area contributed by atoms with Crippen molar-refractivity contribution in [3.05, 3.63) is 42.5 Å². The van der Waals surface area contributed by atoms with Crippen molar-refractivity contribution in [2.24, 2.45) is 5.73 Å². The number of hydrogen-bond acceptors (Lipinski definition) is 3. The number of carbonyl (C=O) groups excluding carboxylic acids is 1. The van der Waals surface area contributed by atoms with Crippen LogP contribution in [0.2, 0.25) is 0 Å². The molecule has 2 rings (SSSR count). The number of carbonyl (C=O) groups is 1. The minimum atomic E-state index is -0.537. The highest BCUT2D eigenvalue weighted by molar-refractivity contribution is 5.82. The first-order valence-electron chi connectivity index (χ1n) is 6.56. The van der Waals surface area contributed by atoms with Crippen molar-refractivity contribution < 1.29 is 9.90 Å². The molecule has 1 aromatic carbocycles. The second-order valence-electron chi connectivity index (χ2n) is 4.99. The Labute approximate surface area is 113 Å². The lowest BCUT2D eigenvalue weighted by atomic mass is 10.1. The highest BCUT2D eigenvalue weighted by atomic mass is 16.3. The first-order chi connectivity index (χ1) is 9.11. The van der Waals surface area contributed by atoms with Gasteiger partial charge in [0.15, 0.2) is 0 Å². The highest BCUT2D eigenvalue weighted by Gasteiger charge is 2.33. The number of phenolic OH excluding ortho intramolecular Hbond substituents is 1. The third kappa shape index (κ3) is 3.58. The molecule has 4 heteroatoms. The molecule has 1 atom stereocenters. The molecule has 19 heavy (non-hydrogen) atoms. The largest absolute Gasteiger partial charge is 0.508 e. The highest BCUT2D eigenvalue weighted by Crippen LogP contribution is 2.27. The molecule has 3 N–H and O–H groups in total. The summed E-state index contributed by atoms with van der Waals surface area (Å²) in [5.41, 5.74) is 6.95. The van der Waals surface area contributed by atoms with Gasteiger partial charge in [-0.2, -0.15) is 0 Å². The van der Waals surface area contributed by atoms with Gasteiger partial charge in [-0.25, -0.2) is 0 Å². The summed E-state index contributed by atoms with van der Waals surface area (Å²) >= 11 is 0. The van der Waals surface area contributed by atoms with E-state index in [1.54, 1.807) is 30.3 Å². The summed E-state index contributed by atoms with van der Waals surface area (Å²) in [7, 11) is 0. The third-order valence-electron chi connectivity index (χ3n) is 3.31. The van der Waals surface area contributed by atoms with E-state index in [4.69, 9.17) is 5.73 Å². The van der Waals surface area contributed by atoms with E-state index < -0.39 is 6.04 Å². The predicted molar refractivity (Wildman–Crippen MR) is 74.7 cm³/mol. The second kappa shape index (κ2) is 5.89. The Hall–Kier alpha value is -1.81. The number of nitrogens with two attached hydrogens (primary N) is 1. The van der Waals surface area contributed by atoms with Crippen LogP contribution in [0.25, 0.3) is 0 Å². The average molecular weight is 260 g/mol. The smallest absolute Gasteiger partial charge is 0.240 e. The minimum absolute atomic E-state index is 0.0181. The number of nitrogens with zero attached hydrogens (tertiary/aromatic N) is 1. The van der Waals surface area contributed by atoms with Gasteiger partial charge in [-0.1, -0.05) is 18.2 Å². The summed E-state index contributed by atoms with van der Waals surface area (Å²) in [6, 6.07) is 6.60. The van der Waals surface area contributed by atoms with Gasteiger partial charge in [-0.05, 0) is 37.0 Å². The van der Waals surface area contributed by atoms with E-state index in [-0.39, 0.29) is 11.7 Å². The molecular formula is C15H20N2O2. The van der Waals surface area contributed by atoms with Gasteiger partial charge < -0.3 is 15.7 Å². The van der Waals surface area contributed by atoms with E-state index in [1.165, 1.54) is 0 Å². The number of phenols is 1. The minimum Gasteiger partial charge on any atom is -0.508 e.